The Kier molecular flexibility index (Phi) is 3.49. The van der Waals surface area contributed by atoms with Crippen molar-refractivity contribution in [1.29, 1.82) is 0 Å². The van der Waals surface area contributed by atoms with Gasteiger partial charge in [0, 0.05) is 18.7 Å². The van der Waals surface area contributed by atoms with Gasteiger partial charge in [0.15, 0.2) is 0 Å². The van der Waals surface area contributed by atoms with Crippen LogP contribution in [0.1, 0.15) is 5.56 Å². The van der Waals surface area contributed by atoms with E-state index in [9.17, 15) is 4.39 Å². The van der Waals surface area contributed by atoms with Crippen molar-refractivity contribution in [3.8, 4) is 5.75 Å². The van der Waals surface area contributed by atoms with Gasteiger partial charge in [0.05, 0.1) is 18.5 Å². The molecule has 90 valence electrons. The molecule has 3 nitrogen and oxygen atoms in total. The van der Waals surface area contributed by atoms with Gasteiger partial charge in [-0.3, -0.25) is 0 Å². The fraction of sp³-hybridized carbons (Fsp3) is 0.167. The van der Waals surface area contributed by atoms with Gasteiger partial charge >= 0.3 is 0 Å². The molecule has 0 bridgehead atoms. The molecule has 0 amide bonds. The van der Waals surface area contributed by atoms with Crippen LogP contribution in [0.3, 0.4) is 0 Å². The van der Waals surface area contributed by atoms with Crippen molar-refractivity contribution in [3.63, 3.8) is 0 Å². The Bertz CT molecular complexity index is 499. The lowest BCUT2D eigenvalue weighted by molar-refractivity contribution is 0.416. The number of halogens is 1. The second kappa shape index (κ2) is 5.05. The van der Waals surface area contributed by atoms with Crippen molar-refractivity contribution in [2.75, 3.05) is 18.2 Å². The summed E-state index contributed by atoms with van der Waals surface area (Å²) in [7, 11) is 1.51. The Morgan fingerprint density at radius 1 is 1.47 bits per heavy atom. The minimum absolute atomic E-state index is 0.297. The molecule has 3 N–H and O–H groups in total. The maximum absolute atomic E-state index is 13.6. The van der Waals surface area contributed by atoms with E-state index in [4.69, 9.17) is 10.5 Å². The topological polar surface area (TPSA) is 47.3 Å². The summed E-state index contributed by atoms with van der Waals surface area (Å²) in [6.07, 6.45) is 0. The lowest BCUT2D eigenvalue weighted by Crippen LogP contribution is -2.02. The summed E-state index contributed by atoms with van der Waals surface area (Å²) in [5.41, 5.74) is 7.40. The SMILES string of the molecule is COc1cc(NCc2ccsc2)c(F)cc1N. The molecule has 0 aliphatic heterocycles. The van der Waals surface area contributed by atoms with Crippen LogP contribution in [0.5, 0.6) is 5.75 Å². The normalized spacial score (nSPS) is 10.2. The van der Waals surface area contributed by atoms with E-state index in [0.717, 1.165) is 5.56 Å². The van der Waals surface area contributed by atoms with Gasteiger partial charge in [0.2, 0.25) is 0 Å². The number of ether oxygens (including phenoxy) is 1. The number of hydrogen-bond acceptors (Lipinski definition) is 4. The number of anilines is 2. The number of rotatable bonds is 4. The zero-order chi connectivity index (χ0) is 12.3. The van der Waals surface area contributed by atoms with E-state index in [2.05, 4.69) is 5.32 Å². The minimum atomic E-state index is -0.376. The first kappa shape index (κ1) is 11.7. The Hall–Kier alpha value is -1.75. The predicted molar refractivity (Wildman–Crippen MR) is 69.0 cm³/mol. The van der Waals surface area contributed by atoms with E-state index in [0.29, 0.717) is 23.7 Å². The van der Waals surface area contributed by atoms with E-state index in [-0.39, 0.29) is 5.82 Å². The highest BCUT2D eigenvalue weighted by atomic mass is 32.1. The molecule has 0 radical (unpaired) electrons. The summed E-state index contributed by atoms with van der Waals surface area (Å²) < 4.78 is 18.6. The molecule has 5 heteroatoms. The summed E-state index contributed by atoms with van der Waals surface area (Å²) in [4.78, 5) is 0. The van der Waals surface area contributed by atoms with Gasteiger partial charge in [-0.25, -0.2) is 4.39 Å². The van der Waals surface area contributed by atoms with Gasteiger partial charge in [-0.15, -0.1) is 0 Å². The van der Waals surface area contributed by atoms with E-state index in [1.54, 1.807) is 17.4 Å². The number of methoxy groups -OCH3 is 1. The second-order valence-electron chi connectivity index (χ2n) is 3.56. The molecular formula is C12H13FN2OS. The van der Waals surface area contributed by atoms with Gasteiger partial charge in [-0.05, 0) is 22.4 Å². The van der Waals surface area contributed by atoms with Crippen molar-refractivity contribution in [2.45, 2.75) is 6.54 Å². The average molecular weight is 252 g/mol. The third-order valence-corrected chi connectivity index (χ3v) is 3.11. The van der Waals surface area contributed by atoms with Crippen molar-refractivity contribution in [3.05, 3.63) is 40.3 Å². The van der Waals surface area contributed by atoms with Crippen LogP contribution in [0.25, 0.3) is 0 Å². The quantitative estimate of drug-likeness (QED) is 0.822. The lowest BCUT2D eigenvalue weighted by atomic mass is 10.2. The van der Waals surface area contributed by atoms with Crippen molar-refractivity contribution in [1.82, 2.24) is 0 Å². The van der Waals surface area contributed by atoms with Crippen molar-refractivity contribution >= 4 is 22.7 Å². The van der Waals surface area contributed by atoms with Crippen LogP contribution in [-0.4, -0.2) is 7.11 Å². The highest BCUT2D eigenvalue weighted by Gasteiger charge is 2.08. The molecule has 0 spiro atoms. The molecule has 1 aromatic carbocycles. The van der Waals surface area contributed by atoms with Crippen LogP contribution in [0.4, 0.5) is 15.8 Å². The third kappa shape index (κ3) is 2.68. The third-order valence-electron chi connectivity index (χ3n) is 2.38. The Morgan fingerprint density at radius 2 is 2.29 bits per heavy atom. The maximum atomic E-state index is 13.6. The molecule has 17 heavy (non-hydrogen) atoms. The molecule has 2 rings (SSSR count). The van der Waals surface area contributed by atoms with Crippen LogP contribution in [0, 0.1) is 5.82 Å². The monoisotopic (exact) mass is 252 g/mol. The maximum Gasteiger partial charge on any atom is 0.148 e. The minimum Gasteiger partial charge on any atom is -0.495 e. The van der Waals surface area contributed by atoms with Crippen LogP contribution in [-0.2, 0) is 6.54 Å². The predicted octanol–water partition coefficient (Wildman–Crippen LogP) is 3.09. The first-order valence-electron chi connectivity index (χ1n) is 5.08. The summed E-state index contributed by atoms with van der Waals surface area (Å²) in [6, 6.07) is 4.82. The summed E-state index contributed by atoms with van der Waals surface area (Å²) in [5.74, 6) is 0.0951. The number of nitrogens with one attached hydrogen (secondary N) is 1. The fourth-order valence-corrected chi connectivity index (χ4v) is 2.14. The zero-order valence-electron chi connectivity index (χ0n) is 9.37. The van der Waals surface area contributed by atoms with Crippen LogP contribution >= 0.6 is 11.3 Å². The lowest BCUT2D eigenvalue weighted by Gasteiger charge is -2.10. The van der Waals surface area contributed by atoms with Crippen LogP contribution in [0.2, 0.25) is 0 Å². The number of hydrogen-bond donors (Lipinski definition) is 2. The van der Waals surface area contributed by atoms with Crippen LogP contribution in [0.15, 0.2) is 29.0 Å². The van der Waals surface area contributed by atoms with Crippen molar-refractivity contribution in [2.24, 2.45) is 0 Å². The zero-order valence-corrected chi connectivity index (χ0v) is 10.2. The molecule has 1 aromatic heterocycles. The molecule has 0 saturated carbocycles. The van der Waals surface area contributed by atoms with E-state index in [1.807, 2.05) is 16.8 Å². The summed E-state index contributed by atoms with van der Waals surface area (Å²) >= 11 is 1.61. The molecular weight excluding hydrogens is 239 g/mol. The fourth-order valence-electron chi connectivity index (χ4n) is 1.47. The number of nitrogen functional groups attached to an aromatic ring is 1. The van der Waals surface area contributed by atoms with Gasteiger partial charge < -0.3 is 15.8 Å². The largest absolute Gasteiger partial charge is 0.495 e. The van der Waals surface area contributed by atoms with Crippen LogP contribution < -0.4 is 15.8 Å². The molecule has 0 fully saturated rings. The van der Waals surface area contributed by atoms with E-state index >= 15 is 0 Å². The molecule has 0 saturated heterocycles. The average Bonchev–Trinajstić information content (AvgIpc) is 2.81. The summed E-state index contributed by atoms with van der Waals surface area (Å²) in [6.45, 7) is 0.577. The first-order valence-corrected chi connectivity index (χ1v) is 6.03. The standard InChI is InChI=1S/C12H13FN2OS/c1-16-12-5-11(9(13)4-10(12)14)15-6-8-2-3-17-7-8/h2-5,7,15H,6,14H2,1H3. The Morgan fingerprint density at radius 3 is 2.94 bits per heavy atom. The Balaban J connectivity index is 2.15. The molecule has 0 aliphatic carbocycles. The Labute approximate surface area is 103 Å². The van der Waals surface area contributed by atoms with Gasteiger partial charge in [-0.2, -0.15) is 11.3 Å². The number of benzene rings is 1. The van der Waals surface area contributed by atoms with E-state index in [1.165, 1.54) is 13.2 Å². The molecule has 1 heterocycles. The van der Waals surface area contributed by atoms with Gasteiger partial charge in [0.1, 0.15) is 11.6 Å². The molecule has 0 aliphatic rings. The summed E-state index contributed by atoms with van der Waals surface area (Å²) in [5, 5.41) is 7.01. The smallest absolute Gasteiger partial charge is 0.148 e. The highest BCUT2D eigenvalue weighted by Crippen LogP contribution is 2.28. The second-order valence-corrected chi connectivity index (χ2v) is 4.34. The van der Waals surface area contributed by atoms with Gasteiger partial charge in [0.25, 0.3) is 0 Å². The number of nitrogens with two attached hydrogens (primary N) is 1. The molecule has 0 atom stereocenters. The van der Waals surface area contributed by atoms with E-state index < -0.39 is 0 Å². The first-order chi connectivity index (χ1) is 8.20. The van der Waals surface area contributed by atoms with Crippen molar-refractivity contribution < 1.29 is 9.13 Å². The highest BCUT2D eigenvalue weighted by molar-refractivity contribution is 7.07. The molecule has 2 aromatic rings. The van der Waals surface area contributed by atoms with Gasteiger partial charge in [-0.1, -0.05) is 0 Å². The number of thiophene rings is 1. The molecule has 0 unspecified atom stereocenters.